The van der Waals surface area contributed by atoms with Gasteiger partial charge in [0, 0.05) is 38.0 Å². The zero-order valence-corrected chi connectivity index (χ0v) is 36.0. The Bertz CT molecular complexity index is 1100. The molecule has 0 saturated heterocycles. The van der Waals surface area contributed by atoms with Crippen molar-refractivity contribution in [3.05, 3.63) is 0 Å². The molecule has 0 aromatic heterocycles. The van der Waals surface area contributed by atoms with Gasteiger partial charge in [-0.3, -0.25) is 24.0 Å². The molecule has 0 radical (unpaired) electrons. The van der Waals surface area contributed by atoms with E-state index in [4.69, 9.17) is 0 Å². The van der Waals surface area contributed by atoms with Crippen LogP contribution in [0.3, 0.4) is 0 Å². The SMILES string of the molecule is CC.CCC(=O)NC1CC1.CCCCCCN(C(=O)C(NC(=O)C(NC(=O)[C@@H](C)NC(=O)CC)C1CCCCC1)C(C)(C)C)C(C)CNC(C=O)CCC. The Labute approximate surface area is 328 Å². The molecule has 2 rings (SSSR count). The molecular weight excluding hydrogens is 684 g/mol. The quantitative estimate of drug-likeness (QED) is 0.0671. The molecule has 12 nitrogen and oxygen atoms in total. The number of nitrogens with zero attached hydrogens (tertiary/aromatic N) is 1. The summed E-state index contributed by atoms with van der Waals surface area (Å²) in [6.07, 6.45) is 14.5. The van der Waals surface area contributed by atoms with E-state index in [-0.39, 0.29) is 48.1 Å². The first-order chi connectivity index (χ1) is 25.6. The number of aldehydes is 1. The highest BCUT2D eigenvalue weighted by Gasteiger charge is 2.40. The lowest BCUT2D eigenvalue weighted by molar-refractivity contribution is -0.142. The second kappa shape index (κ2) is 28.4. The fraction of sp³-hybridized carbons (Fsp3) is 0.857. The second-order valence-electron chi connectivity index (χ2n) is 15.9. The number of hydrogen-bond acceptors (Lipinski definition) is 7. The largest absolute Gasteiger partial charge is 0.353 e. The Kier molecular flexibility index (Phi) is 26.8. The number of rotatable bonds is 22. The molecule has 5 amide bonds. The molecule has 0 bridgehead atoms. The Hall–Kier alpha value is -3.02. The Morgan fingerprint density at radius 1 is 0.759 bits per heavy atom. The van der Waals surface area contributed by atoms with Crippen LogP contribution in [0.1, 0.15) is 172 Å². The number of carbonyl (C=O) groups excluding carboxylic acids is 6. The van der Waals surface area contributed by atoms with Crippen LogP contribution >= 0.6 is 0 Å². The zero-order chi connectivity index (χ0) is 41.3. The highest BCUT2D eigenvalue weighted by molar-refractivity contribution is 5.94. The van der Waals surface area contributed by atoms with E-state index in [9.17, 15) is 28.8 Å². The summed E-state index contributed by atoms with van der Waals surface area (Å²) in [6, 6.07) is -2.33. The summed E-state index contributed by atoms with van der Waals surface area (Å²) in [4.78, 5) is 77.3. The first kappa shape index (κ1) is 51.0. The summed E-state index contributed by atoms with van der Waals surface area (Å²) in [5.41, 5.74) is -0.599. The fourth-order valence-electron chi connectivity index (χ4n) is 6.37. The maximum atomic E-state index is 14.3. The van der Waals surface area contributed by atoms with E-state index < -0.39 is 29.4 Å². The predicted molar refractivity (Wildman–Crippen MR) is 219 cm³/mol. The third kappa shape index (κ3) is 20.6. The van der Waals surface area contributed by atoms with Crippen molar-refractivity contribution in [3.63, 3.8) is 0 Å². The Morgan fingerprint density at radius 3 is 1.87 bits per heavy atom. The molecule has 2 aliphatic rings. The van der Waals surface area contributed by atoms with Crippen LogP contribution in [0.15, 0.2) is 0 Å². The van der Waals surface area contributed by atoms with Gasteiger partial charge in [-0.15, -0.1) is 0 Å². The summed E-state index contributed by atoms with van der Waals surface area (Å²) in [5, 5.41) is 14.9. The van der Waals surface area contributed by atoms with E-state index in [1.807, 2.05) is 60.3 Å². The summed E-state index contributed by atoms with van der Waals surface area (Å²) in [6.45, 7) is 22.2. The highest BCUT2D eigenvalue weighted by atomic mass is 16.2. The van der Waals surface area contributed by atoms with Gasteiger partial charge in [0.05, 0.1) is 6.04 Å². The molecule has 0 aliphatic heterocycles. The van der Waals surface area contributed by atoms with E-state index in [0.717, 1.165) is 76.9 Å². The molecular formula is C42H80N6O6. The molecule has 54 heavy (non-hydrogen) atoms. The van der Waals surface area contributed by atoms with Crippen molar-refractivity contribution in [2.45, 2.75) is 209 Å². The highest BCUT2D eigenvalue weighted by Crippen LogP contribution is 2.28. The lowest BCUT2D eigenvalue weighted by Crippen LogP contribution is -2.62. The van der Waals surface area contributed by atoms with Crippen molar-refractivity contribution in [2.75, 3.05) is 13.1 Å². The maximum Gasteiger partial charge on any atom is 0.245 e. The van der Waals surface area contributed by atoms with Crippen LogP contribution in [0.4, 0.5) is 0 Å². The van der Waals surface area contributed by atoms with Gasteiger partial charge in [-0.25, -0.2) is 0 Å². The van der Waals surface area contributed by atoms with Crippen molar-refractivity contribution < 1.29 is 28.8 Å². The number of carbonyl (C=O) groups is 6. The minimum Gasteiger partial charge on any atom is -0.353 e. The van der Waals surface area contributed by atoms with E-state index in [1.54, 1.807) is 13.8 Å². The molecule has 2 aliphatic carbocycles. The van der Waals surface area contributed by atoms with Crippen LogP contribution < -0.4 is 26.6 Å². The van der Waals surface area contributed by atoms with Crippen LogP contribution in [-0.4, -0.2) is 90.1 Å². The molecule has 2 fully saturated rings. The standard InChI is InChI=1S/C34H63N5O5.C6H11NO.C2H6/c1-9-12-13-17-21-39(24(4)22-35-27(23-40)18-10-2)33(44)30(34(6,7)8)38-32(43)29(26-19-15-14-16-20-26)37-31(42)25(5)36-28(41)11-3;1-2-6(8)7-5-3-4-5;1-2/h23-27,29-30,35H,9-22H2,1-8H3,(H,36,41)(H,37,42)(H,38,43);5H,2-4H2,1H3,(H,7,8);1-2H3/t24?,25-,27?,29?,30?;;/m1../s1. The molecule has 12 heteroatoms. The third-order valence-corrected chi connectivity index (χ3v) is 9.96. The smallest absolute Gasteiger partial charge is 0.245 e. The lowest BCUT2D eigenvalue weighted by atomic mass is 9.82. The van der Waals surface area contributed by atoms with Crippen molar-refractivity contribution in [1.82, 2.24) is 31.5 Å². The maximum absolute atomic E-state index is 14.3. The molecule has 4 unspecified atom stereocenters. The van der Waals surface area contributed by atoms with E-state index in [2.05, 4.69) is 33.5 Å². The van der Waals surface area contributed by atoms with Gasteiger partial charge in [-0.2, -0.15) is 0 Å². The van der Waals surface area contributed by atoms with E-state index in [1.165, 1.54) is 12.8 Å². The van der Waals surface area contributed by atoms with Crippen LogP contribution in [0, 0.1) is 11.3 Å². The molecule has 0 heterocycles. The van der Waals surface area contributed by atoms with Crippen molar-refractivity contribution in [1.29, 1.82) is 0 Å². The van der Waals surface area contributed by atoms with Gasteiger partial charge in [0.1, 0.15) is 24.4 Å². The van der Waals surface area contributed by atoms with E-state index >= 15 is 0 Å². The Morgan fingerprint density at radius 2 is 1.37 bits per heavy atom. The van der Waals surface area contributed by atoms with Gasteiger partial charge in [0.25, 0.3) is 0 Å². The molecule has 5 N–H and O–H groups in total. The van der Waals surface area contributed by atoms with Crippen LogP contribution in [0.2, 0.25) is 0 Å². The van der Waals surface area contributed by atoms with Crippen LogP contribution in [-0.2, 0) is 28.8 Å². The first-order valence-corrected chi connectivity index (χ1v) is 21.3. The summed E-state index contributed by atoms with van der Waals surface area (Å²) < 4.78 is 0. The average molecular weight is 765 g/mol. The number of unbranched alkanes of at least 4 members (excludes halogenated alkanes) is 3. The number of nitrogens with one attached hydrogen (secondary N) is 5. The van der Waals surface area contributed by atoms with Crippen molar-refractivity contribution in [3.8, 4) is 0 Å². The Balaban J connectivity index is 0.00000243. The van der Waals surface area contributed by atoms with Crippen molar-refractivity contribution >= 4 is 35.8 Å². The molecule has 314 valence electrons. The van der Waals surface area contributed by atoms with Gasteiger partial charge >= 0.3 is 0 Å². The topological polar surface area (TPSA) is 166 Å². The van der Waals surface area contributed by atoms with Crippen LogP contribution in [0.5, 0.6) is 0 Å². The van der Waals surface area contributed by atoms with Gasteiger partial charge in [0.15, 0.2) is 0 Å². The van der Waals surface area contributed by atoms with Gasteiger partial charge < -0.3 is 36.3 Å². The van der Waals surface area contributed by atoms with E-state index in [0.29, 0.717) is 25.6 Å². The first-order valence-electron chi connectivity index (χ1n) is 21.3. The molecule has 0 spiro atoms. The predicted octanol–water partition coefficient (Wildman–Crippen LogP) is 5.95. The fourth-order valence-corrected chi connectivity index (χ4v) is 6.37. The molecule has 5 atom stereocenters. The number of amides is 5. The molecule has 0 aromatic carbocycles. The summed E-state index contributed by atoms with van der Waals surface area (Å²) in [5.74, 6) is -1.04. The van der Waals surface area contributed by atoms with Gasteiger partial charge in [0.2, 0.25) is 29.5 Å². The van der Waals surface area contributed by atoms with Gasteiger partial charge in [-0.05, 0) is 63.7 Å². The second-order valence-corrected chi connectivity index (χ2v) is 15.9. The average Bonchev–Trinajstić information content (AvgIpc) is 3.98. The monoisotopic (exact) mass is 765 g/mol. The lowest BCUT2D eigenvalue weighted by Gasteiger charge is -2.39. The number of hydrogen-bond donors (Lipinski definition) is 5. The molecule has 0 aromatic rings. The zero-order valence-electron chi connectivity index (χ0n) is 36.0. The minimum atomic E-state index is -0.818. The summed E-state index contributed by atoms with van der Waals surface area (Å²) >= 11 is 0. The third-order valence-electron chi connectivity index (χ3n) is 9.96. The minimum absolute atomic E-state index is 0.0513. The molecule has 2 saturated carbocycles. The normalized spacial score (nSPS) is 17.0. The summed E-state index contributed by atoms with van der Waals surface area (Å²) in [7, 11) is 0. The van der Waals surface area contributed by atoms with Crippen molar-refractivity contribution in [2.24, 2.45) is 11.3 Å². The van der Waals surface area contributed by atoms with Crippen LogP contribution in [0.25, 0.3) is 0 Å². The van der Waals surface area contributed by atoms with Gasteiger partial charge in [-0.1, -0.05) is 107 Å².